The summed E-state index contributed by atoms with van der Waals surface area (Å²) in [7, 11) is -3.62. The number of nitrogens with zero attached hydrogens (tertiary/aromatic N) is 4. The molecule has 142 valence electrons. The van der Waals surface area contributed by atoms with E-state index in [1.54, 1.807) is 12.1 Å². The number of hydrogen-bond acceptors (Lipinski definition) is 6. The maximum atomic E-state index is 12.9. The average molecular weight is 394 g/mol. The van der Waals surface area contributed by atoms with Crippen LogP contribution in [0.5, 0.6) is 0 Å². The van der Waals surface area contributed by atoms with Crippen molar-refractivity contribution in [1.29, 1.82) is 5.26 Å². The summed E-state index contributed by atoms with van der Waals surface area (Å²) in [5.41, 5.74) is 1.19. The molecule has 0 aliphatic carbocycles. The van der Waals surface area contributed by atoms with Gasteiger partial charge in [0.05, 0.1) is 16.5 Å². The van der Waals surface area contributed by atoms with Gasteiger partial charge in [-0.05, 0) is 43.2 Å². The zero-order chi connectivity index (χ0) is 19.6. The Bertz CT molecular complexity index is 1110. The highest BCUT2D eigenvalue weighted by molar-refractivity contribution is 7.89. The highest BCUT2D eigenvalue weighted by Crippen LogP contribution is 2.30. The summed E-state index contributed by atoms with van der Waals surface area (Å²) in [5.74, 6) is 1.14. The maximum Gasteiger partial charge on any atom is 0.257 e. The maximum absolute atomic E-state index is 12.9. The molecule has 2 aromatic carbocycles. The Kier molecular flexibility index (Phi) is 4.94. The van der Waals surface area contributed by atoms with Crippen LogP contribution in [0.4, 0.5) is 0 Å². The second-order valence-corrected chi connectivity index (χ2v) is 8.58. The number of sulfonamides is 1. The van der Waals surface area contributed by atoms with E-state index in [0.29, 0.717) is 43.2 Å². The number of aromatic nitrogens is 2. The second-order valence-electron chi connectivity index (χ2n) is 6.64. The molecular weight excluding hydrogens is 376 g/mol. The van der Waals surface area contributed by atoms with Gasteiger partial charge in [0.2, 0.25) is 10.0 Å². The van der Waals surface area contributed by atoms with Gasteiger partial charge in [-0.2, -0.15) is 14.6 Å². The first-order chi connectivity index (χ1) is 13.6. The molecule has 2 heterocycles. The van der Waals surface area contributed by atoms with E-state index in [1.165, 1.54) is 16.4 Å². The van der Waals surface area contributed by atoms with Crippen LogP contribution >= 0.6 is 0 Å². The lowest BCUT2D eigenvalue weighted by molar-refractivity contribution is 0.307. The van der Waals surface area contributed by atoms with Crippen LogP contribution in [0.2, 0.25) is 0 Å². The minimum atomic E-state index is -3.62. The Morgan fingerprint density at radius 3 is 2.54 bits per heavy atom. The Labute approximate surface area is 163 Å². The van der Waals surface area contributed by atoms with Crippen molar-refractivity contribution < 1.29 is 12.9 Å². The first kappa shape index (κ1) is 18.3. The first-order valence-electron chi connectivity index (χ1n) is 8.97. The number of piperidine rings is 1. The normalized spacial score (nSPS) is 16.0. The van der Waals surface area contributed by atoms with Crippen LogP contribution in [0.25, 0.3) is 11.5 Å². The van der Waals surface area contributed by atoms with Gasteiger partial charge in [-0.15, -0.1) is 0 Å². The summed E-state index contributed by atoms with van der Waals surface area (Å²) in [6, 6.07) is 17.6. The SMILES string of the molecule is N#Cc1cccc(S(=O)(=O)N2CCC(c3noc(-c4ccccc4)n3)CC2)c1. The molecule has 3 aromatic rings. The summed E-state index contributed by atoms with van der Waals surface area (Å²) in [5, 5.41) is 13.1. The van der Waals surface area contributed by atoms with Crippen molar-refractivity contribution >= 4 is 10.0 Å². The number of hydrogen-bond donors (Lipinski definition) is 0. The monoisotopic (exact) mass is 394 g/mol. The molecule has 0 bridgehead atoms. The molecule has 8 heteroatoms. The van der Waals surface area contributed by atoms with Crippen LogP contribution in [-0.4, -0.2) is 36.0 Å². The molecule has 0 unspecified atom stereocenters. The van der Waals surface area contributed by atoms with E-state index in [2.05, 4.69) is 10.1 Å². The van der Waals surface area contributed by atoms with Gasteiger partial charge in [0.25, 0.3) is 5.89 Å². The average Bonchev–Trinajstić information content (AvgIpc) is 3.25. The van der Waals surface area contributed by atoms with Crippen molar-refractivity contribution in [1.82, 2.24) is 14.4 Å². The van der Waals surface area contributed by atoms with Crippen LogP contribution in [0.3, 0.4) is 0 Å². The van der Waals surface area contributed by atoms with E-state index in [9.17, 15) is 8.42 Å². The third-order valence-electron chi connectivity index (χ3n) is 4.88. The predicted octanol–water partition coefficient (Wildman–Crippen LogP) is 3.18. The molecule has 0 radical (unpaired) electrons. The summed E-state index contributed by atoms with van der Waals surface area (Å²) in [6.45, 7) is 0.748. The quantitative estimate of drug-likeness (QED) is 0.674. The highest BCUT2D eigenvalue weighted by Gasteiger charge is 2.32. The van der Waals surface area contributed by atoms with Gasteiger partial charge in [-0.1, -0.05) is 29.4 Å². The number of benzene rings is 2. The van der Waals surface area contributed by atoms with E-state index >= 15 is 0 Å². The van der Waals surface area contributed by atoms with Gasteiger partial charge in [-0.25, -0.2) is 8.42 Å². The van der Waals surface area contributed by atoms with Crippen LogP contribution in [0.1, 0.15) is 30.1 Å². The zero-order valence-electron chi connectivity index (χ0n) is 15.0. The zero-order valence-corrected chi connectivity index (χ0v) is 15.8. The van der Waals surface area contributed by atoms with E-state index in [4.69, 9.17) is 9.78 Å². The van der Waals surface area contributed by atoms with Crippen molar-refractivity contribution in [2.24, 2.45) is 0 Å². The Hall–Kier alpha value is -3.02. The minimum absolute atomic E-state index is 0.0538. The first-order valence-corrected chi connectivity index (χ1v) is 10.4. The Morgan fingerprint density at radius 2 is 1.82 bits per heavy atom. The fourth-order valence-corrected chi connectivity index (χ4v) is 4.84. The molecule has 28 heavy (non-hydrogen) atoms. The standard InChI is InChI=1S/C20H18N4O3S/c21-14-15-5-4-8-18(13-15)28(25,26)24-11-9-16(10-12-24)19-22-20(27-23-19)17-6-2-1-3-7-17/h1-8,13,16H,9-12H2. The van der Waals surface area contributed by atoms with E-state index in [-0.39, 0.29) is 10.8 Å². The molecule has 1 aliphatic heterocycles. The second kappa shape index (κ2) is 7.54. The molecule has 0 amide bonds. The van der Waals surface area contributed by atoms with E-state index in [1.807, 2.05) is 36.4 Å². The summed E-state index contributed by atoms with van der Waals surface area (Å²) < 4.78 is 32.5. The largest absolute Gasteiger partial charge is 0.334 e. The molecule has 0 spiro atoms. The van der Waals surface area contributed by atoms with Gasteiger partial charge in [-0.3, -0.25) is 0 Å². The van der Waals surface area contributed by atoms with Gasteiger partial charge < -0.3 is 4.52 Å². The van der Waals surface area contributed by atoms with E-state index in [0.717, 1.165) is 5.56 Å². The van der Waals surface area contributed by atoms with Crippen LogP contribution in [0, 0.1) is 11.3 Å². The highest BCUT2D eigenvalue weighted by atomic mass is 32.2. The van der Waals surface area contributed by atoms with Gasteiger partial charge >= 0.3 is 0 Å². The Morgan fingerprint density at radius 1 is 1.07 bits per heavy atom. The molecule has 7 nitrogen and oxygen atoms in total. The lowest BCUT2D eigenvalue weighted by atomic mass is 9.97. The van der Waals surface area contributed by atoms with Crippen molar-refractivity contribution in [2.45, 2.75) is 23.7 Å². The fraction of sp³-hybridized carbons (Fsp3) is 0.250. The smallest absolute Gasteiger partial charge is 0.257 e. The topological polar surface area (TPSA) is 100 Å². The molecule has 4 rings (SSSR count). The lowest BCUT2D eigenvalue weighted by Gasteiger charge is -2.29. The van der Waals surface area contributed by atoms with Crippen molar-refractivity contribution in [2.75, 3.05) is 13.1 Å². The predicted molar refractivity (Wildman–Crippen MR) is 102 cm³/mol. The molecule has 0 saturated carbocycles. The fourth-order valence-electron chi connectivity index (χ4n) is 3.33. The van der Waals surface area contributed by atoms with Crippen LogP contribution < -0.4 is 0 Å². The number of rotatable bonds is 4. The molecule has 0 atom stereocenters. The summed E-state index contributed by atoms with van der Waals surface area (Å²) in [4.78, 5) is 4.64. The Balaban J connectivity index is 1.46. The van der Waals surface area contributed by atoms with Gasteiger partial charge in [0.1, 0.15) is 0 Å². The van der Waals surface area contributed by atoms with E-state index < -0.39 is 10.0 Å². The van der Waals surface area contributed by atoms with Crippen molar-refractivity contribution in [3.05, 3.63) is 66.0 Å². The summed E-state index contributed by atoms with van der Waals surface area (Å²) >= 11 is 0. The molecule has 1 saturated heterocycles. The van der Waals surface area contributed by atoms with Crippen LogP contribution in [-0.2, 0) is 10.0 Å². The lowest BCUT2D eigenvalue weighted by Crippen LogP contribution is -2.38. The van der Waals surface area contributed by atoms with Gasteiger partial charge in [0, 0.05) is 24.6 Å². The molecule has 0 N–H and O–H groups in total. The third kappa shape index (κ3) is 3.54. The third-order valence-corrected chi connectivity index (χ3v) is 6.78. The van der Waals surface area contributed by atoms with Gasteiger partial charge in [0.15, 0.2) is 5.82 Å². The molecule has 1 aromatic heterocycles. The minimum Gasteiger partial charge on any atom is -0.334 e. The van der Waals surface area contributed by atoms with Crippen molar-refractivity contribution in [3.63, 3.8) is 0 Å². The molecule has 1 fully saturated rings. The summed E-state index contributed by atoms with van der Waals surface area (Å²) in [6.07, 6.45) is 1.23. The molecular formula is C20H18N4O3S. The van der Waals surface area contributed by atoms with Crippen LogP contribution in [0.15, 0.2) is 64.0 Å². The molecule has 1 aliphatic rings. The van der Waals surface area contributed by atoms with Crippen molar-refractivity contribution in [3.8, 4) is 17.5 Å². The number of nitriles is 1.